The fraction of sp³-hybridized carbons (Fsp3) is 0.250. The Labute approximate surface area is 158 Å². The molecule has 0 radical (unpaired) electrons. The number of hydrogen-bond acceptors (Lipinski definition) is 4. The first-order valence-corrected chi connectivity index (χ1v) is 8.61. The van der Waals surface area contributed by atoms with Crippen molar-refractivity contribution >= 4 is 23.4 Å². The number of rotatable bonds is 7. The lowest BCUT2D eigenvalue weighted by Crippen LogP contribution is -2.47. The molecule has 0 fully saturated rings. The molecule has 0 aromatic heterocycles. The van der Waals surface area contributed by atoms with Crippen molar-refractivity contribution in [2.75, 3.05) is 5.32 Å². The molecular formula is C20H23N3O4. The monoisotopic (exact) mass is 369 g/mol. The Kier molecular flexibility index (Phi) is 7.37. The van der Waals surface area contributed by atoms with Crippen LogP contribution in [0.1, 0.15) is 25.3 Å². The van der Waals surface area contributed by atoms with Crippen LogP contribution >= 0.6 is 0 Å². The van der Waals surface area contributed by atoms with Crippen LogP contribution in [0.2, 0.25) is 0 Å². The summed E-state index contributed by atoms with van der Waals surface area (Å²) in [5.41, 5.74) is 6.26. The second-order valence-corrected chi connectivity index (χ2v) is 6.03. The third kappa shape index (κ3) is 7.19. The zero-order valence-electron chi connectivity index (χ0n) is 15.3. The molecule has 0 aliphatic carbocycles. The van der Waals surface area contributed by atoms with Gasteiger partial charge in [-0.2, -0.15) is 0 Å². The summed E-state index contributed by atoms with van der Waals surface area (Å²) in [7, 11) is 0. The van der Waals surface area contributed by atoms with E-state index in [1.165, 1.54) is 0 Å². The van der Waals surface area contributed by atoms with E-state index in [4.69, 9.17) is 4.74 Å². The molecule has 3 amide bonds. The van der Waals surface area contributed by atoms with E-state index in [1.807, 2.05) is 31.2 Å². The topological polar surface area (TPSA) is 96.5 Å². The van der Waals surface area contributed by atoms with Crippen LogP contribution in [0.3, 0.4) is 0 Å². The predicted octanol–water partition coefficient (Wildman–Crippen LogP) is 2.33. The van der Waals surface area contributed by atoms with Gasteiger partial charge in [0.25, 0.3) is 5.91 Å². The normalized spacial score (nSPS) is 11.2. The van der Waals surface area contributed by atoms with Gasteiger partial charge in [-0.25, -0.2) is 0 Å². The molecule has 0 heterocycles. The molecule has 7 heteroatoms. The van der Waals surface area contributed by atoms with Crippen molar-refractivity contribution in [1.29, 1.82) is 0 Å². The SMILES string of the molecule is Cc1cccc(OC(C)C(=O)NNC(=O)CCC(=O)Nc2ccccc2)c1. The number of hydrazine groups is 1. The number of amides is 3. The maximum Gasteiger partial charge on any atom is 0.279 e. The average Bonchev–Trinajstić information content (AvgIpc) is 2.65. The first kappa shape index (κ1) is 20.0. The number of para-hydroxylation sites is 1. The zero-order chi connectivity index (χ0) is 19.6. The lowest BCUT2D eigenvalue weighted by Gasteiger charge is -2.15. The first-order valence-electron chi connectivity index (χ1n) is 8.61. The van der Waals surface area contributed by atoms with E-state index in [9.17, 15) is 14.4 Å². The van der Waals surface area contributed by atoms with E-state index in [2.05, 4.69) is 16.2 Å². The summed E-state index contributed by atoms with van der Waals surface area (Å²) < 4.78 is 5.53. The van der Waals surface area contributed by atoms with Gasteiger partial charge >= 0.3 is 0 Å². The molecular weight excluding hydrogens is 346 g/mol. The van der Waals surface area contributed by atoms with Crippen molar-refractivity contribution in [3.8, 4) is 5.75 Å². The quantitative estimate of drug-likeness (QED) is 0.653. The molecule has 0 saturated carbocycles. The van der Waals surface area contributed by atoms with E-state index in [1.54, 1.807) is 37.3 Å². The summed E-state index contributed by atoms with van der Waals surface area (Å²) >= 11 is 0. The molecule has 1 unspecified atom stereocenters. The Hall–Kier alpha value is -3.35. The Morgan fingerprint density at radius 2 is 1.63 bits per heavy atom. The molecule has 1 atom stereocenters. The van der Waals surface area contributed by atoms with Crippen molar-refractivity contribution in [1.82, 2.24) is 10.9 Å². The van der Waals surface area contributed by atoms with Crippen LogP contribution in [-0.4, -0.2) is 23.8 Å². The molecule has 27 heavy (non-hydrogen) atoms. The highest BCUT2D eigenvalue weighted by atomic mass is 16.5. The van der Waals surface area contributed by atoms with Crippen molar-refractivity contribution in [2.24, 2.45) is 0 Å². The van der Waals surface area contributed by atoms with Crippen LogP contribution in [0.4, 0.5) is 5.69 Å². The number of ether oxygens (including phenoxy) is 1. The molecule has 142 valence electrons. The lowest BCUT2D eigenvalue weighted by atomic mass is 10.2. The van der Waals surface area contributed by atoms with Crippen molar-refractivity contribution in [2.45, 2.75) is 32.8 Å². The van der Waals surface area contributed by atoms with Crippen LogP contribution in [0.15, 0.2) is 54.6 Å². The fourth-order valence-electron chi connectivity index (χ4n) is 2.21. The van der Waals surface area contributed by atoms with E-state index in [-0.39, 0.29) is 18.7 Å². The van der Waals surface area contributed by atoms with Gasteiger partial charge in [-0.15, -0.1) is 0 Å². The van der Waals surface area contributed by atoms with Gasteiger partial charge in [0.2, 0.25) is 11.8 Å². The van der Waals surface area contributed by atoms with E-state index >= 15 is 0 Å². The summed E-state index contributed by atoms with van der Waals surface area (Å²) in [6, 6.07) is 16.3. The fourth-order valence-corrected chi connectivity index (χ4v) is 2.21. The largest absolute Gasteiger partial charge is 0.481 e. The van der Waals surface area contributed by atoms with E-state index in [0.717, 1.165) is 5.56 Å². The smallest absolute Gasteiger partial charge is 0.279 e. The third-order valence-corrected chi connectivity index (χ3v) is 3.63. The highest BCUT2D eigenvalue weighted by molar-refractivity contribution is 5.93. The summed E-state index contributed by atoms with van der Waals surface area (Å²) in [6.07, 6.45) is -0.827. The van der Waals surface area contributed by atoms with E-state index < -0.39 is 17.9 Å². The predicted molar refractivity (Wildman–Crippen MR) is 102 cm³/mol. The first-order chi connectivity index (χ1) is 12.9. The van der Waals surface area contributed by atoms with Crippen LogP contribution in [-0.2, 0) is 14.4 Å². The summed E-state index contributed by atoms with van der Waals surface area (Å²) in [5.74, 6) is -0.659. The second kappa shape index (κ2) is 9.96. The number of anilines is 1. The van der Waals surface area contributed by atoms with Gasteiger partial charge in [0.05, 0.1) is 0 Å². The Bertz CT molecular complexity index is 793. The van der Waals surface area contributed by atoms with Crippen LogP contribution in [0.25, 0.3) is 0 Å². The molecule has 0 aliphatic rings. The van der Waals surface area contributed by atoms with Crippen molar-refractivity contribution < 1.29 is 19.1 Å². The molecule has 2 aromatic carbocycles. The summed E-state index contributed by atoms with van der Waals surface area (Å²) in [6.45, 7) is 3.50. The van der Waals surface area contributed by atoms with Gasteiger partial charge in [0, 0.05) is 18.5 Å². The Balaban J connectivity index is 1.68. The minimum Gasteiger partial charge on any atom is -0.481 e. The highest BCUT2D eigenvalue weighted by Crippen LogP contribution is 2.14. The maximum atomic E-state index is 12.0. The number of hydrogen-bond donors (Lipinski definition) is 3. The average molecular weight is 369 g/mol. The van der Waals surface area contributed by atoms with Gasteiger partial charge < -0.3 is 10.1 Å². The molecule has 0 bridgehead atoms. The number of benzene rings is 2. The van der Waals surface area contributed by atoms with Gasteiger partial charge in [-0.05, 0) is 43.7 Å². The summed E-state index contributed by atoms with van der Waals surface area (Å²) in [4.78, 5) is 35.6. The van der Waals surface area contributed by atoms with Gasteiger partial charge in [-0.3, -0.25) is 25.2 Å². The second-order valence-electron chi connectivity index (χ2n) is 6.03. The highest BCUT2D eigenvalue weighted by Gasteiger charge is 2.16. The van der Waals surface area contributed by atoms with Crippen LogP contribution in [0.5, 0.6) is 5.75 Å². The van der Waals surface area contributed by atoms with Crippen molar-refractivity contribution in [3.63, 3.8) is 0 Å². The van der Waals surface area contributed by atoms with Crippen LogP contribution < -0.4 is 20.9 Å². The maximum absolute atomic E-state index is 12.0. The minimum atomic E-state index is -0.784. The van der Waals surface area contributed by atoms with E-state index in [0.29, 0.717) is 11.4 Å². The zero-order valence-corrected chi connectivity index (χ0v) is 15.3. The standard InChI is InChI=1S/C20H23N3O4/c1-14-7-6-10-17(13-14)27-15(2)20(26)23-22-19(25)12-11-18(24)21-16-8-4-3-5-9-16/h3-10,13,15H,11-12H2,1-2H3,(H,21,24)(H,22,25)(H,23,26). The van der Waals surface area contributed by atoms with Gasteiger partial charge in [0.15, 0.2) is 6.10 Å². The Morgan fingerprint density at radius 1 is 0.926 bits per heavy atom. The molecule has 7 nitrogen and oxygen atoms in total. The van der Waals surface area contributed by atoms with Gasteiger partial charge in [0.1, 0.15) is 5.75 Å². The minimum absolute atomic E-state index is 0.00590. The molecule has 3 N–H and O–H groups in total. The number of carbonyl (C=O) groups excluding carboxylic acids is 3. The summed E-state index contributed by atoms with van der Waals surface area (Å²) in [5, 5.41) is 2.69. The molecule has 0 spiro atoms. The molecule has 2 rings (SSSR count). The third-order valence-electron chi connectivity index (χ3n) is 3.63. The molecule has 2 aromatic rings. The molecule has 0 saturated heterocycles. The molecule has 0 aliphatic heterocycles. The number of carbonyl (C=O) groups is 3. The van der Waals surface area contributed by atoms with Crippen LogP contribution in [0, 0.1) is 6.92 Å². The Morgan fingerprint density at radius 3 is 2.33 bits per heavy atom. The number of aryl methyl sites for hydroxylation is 1. The van der Waals surface area contributed by atoms with Gasteiger partial charge in [-0.1, -0.05) is 30.3 Å². The van der Waals surface area contributed by atoms with Crippen molar-refractivity contribution in [3.05, 3.63) is 60.2 Å². The lowest BCUT2D eigenvalue weighted by molar-refractivity contribution is -0.133. The number of nitrogens with one attached hydrogen (secondary N) is 3.